The fourth-order valence-corrected chi connectivity index (χ4v) is 1.47. The van der Waals surface area contributed by atoms with Crippen molar-refractivity contribution < 1.29 is 9.18 Å². The molecule has 0 radical (unpaired) electrons. The zero-order chi connectivity index (χ0) is 13.1. The lowest BCUT2D eigenvalue weighted by Crippen LogP contribution is -2.23. The van der Waals surface area contributed by atoms with E-state index in [1.807, 2.05) is 0 Å². The Kier molecular flexibility index (Phi) is 3.22. The van der Waals surface area contributed by atoms with Crippen molar-refractivity contribution in [2.45, 2.75) is 6.54 Å². The highest BCUT2D eigenvalue weighted by Crippen LogP contribution is 2.10. The molecule has 2 aromatic rings. The van der Waals surface area contributed by atoms with E-state index in [4.69, 9.17) is 5.73 Å². The van der Waals surface area contributed by atoms with E-state index in [1.54, 1.807) is 7.05 Å². The van der Waals surface area contributed by atoms with Crippen LogP contribution in [-0.2, 0) is 13.6 Å². The molecule has 18 heavy (non-hydrogen) atoms. The average Bonchev–Trinajstić information content (AvgIpc) is 2.70. The van der Waals surface area contributed by atoms with Crippen LogP contribution in [0, 0.1) is 5.82 Å². The van der Waals surface area contributed by atoms with Gasteiger partial charge in [0.05, 0.1) is 6.54 Å². The van der Waals surface area contributed by atoms with Crippen molar-refractivity contribution in [3.63, 3.8) is 0 Å². The van der Waals surface area contributed by atoms with E-state index >= 15 is 0 Å². The number of aryl methyl sites for hydroxylation is 1. The summed E-state index contributed by atoms with van der Waals surface area (Å²) < 4.78 is 14.6. The summed E-state index contributed by atoms with van der Waals surface area (Å²) in [5.41, 5.74) is 5.83. The Hall–Kier alpha value is -2.44. The number of halogens is 1. The van der Waals surface area contributed by atoms with Gasteiger partial charge in [0.2, 0.25) is 0 Å². The highest BCUT2D eigenvalue weighted by molar-refractivity contribution is 5.94. The van der Waals surface area contributed by atoms with Crippen LogP contribution in [0.25, 0.3) is 0 Å². The van der Waals surface area contributed by atoms with E-state index in [2.05, 4.69) is 15.4 Å². The van der Waals surface area contributed by atoms with Gasteiger partial charge >= 0.3 is 0 Å². The van der Waals surface area contributed by atoms with Gasteiger partial charge in [-0.15, -0.1) is 0 Å². The quantitative estimate of drug-likeness (QED) is 0.774. The van der Waals surface area contributed by atoms with Crippen LogP contribution in [0.2, 0.25) is 0 Å². The molecule has 0 spiro atoms. The molecule has 0 aliphatic rings. The Morgan fingerprint density at radius 1 is 1.50 bits per heavy atom. The van der Waals surface area contributed by atoms with Crippen molar-refractivity contribution in [1.29, 1.82) is 0 Å². The minimum absolute atomic E-state index is 0.170. The third-order valence-electron chi connectivity index (χ3n) is 2.24. The predicted octanol–water partition coefficient (Wildman–Crippen LogP) is 0.466. The van der Waals surface area contributed by atoms with E-state index in [9.17, 15) is 9.18 Å². The van der Waals surface area contributed by atoms with E-state index in [0.717, 1.165) is 12.1 Å². The van der Waals surface area contributed by atoms with Crippen molar-refractivity contribution in [2.24, 2.45) is 7.05 Å². The predicted molar refractivity (Wildman–Crippen MR) is 63.0 cm³/mol. The number of carbonyl (C=O) groups is 1. The molecule has 6 nitrogen and oxygen atoms in total. The molecule has 1 amide bonds. The normalized spacial score (nSPS) is 10.3. The van der Waals surface area contributed by atoms with Crippen molar-refractivity contribution in [3.8, 4) is 0 Å². The summed E-state index contributed by atoms with van der Waals surface area (Å²) in [6.45, 7) is 0.177. The minimum atomic E-state index is -0.545. The average molecular weight is 249 g/mol. The molecule has 0 bridgehead atoms. The van der Waals surface area contributed by atoms with Crippen LogP contribution in [0.4, 0.5) is 10.1 Å². The fraction of sp³-hybridized carbons (Fsp3) is 0.182. The Morgan fingerprint density at radius 2 is 2.28 bits per heavy atom. The SMILES string of the molecule is Cn1cnc(CNC(=O)c2cc(N)cc(F)c2)n1. The molecule has 0 saturated carbocycles. The van der Waals surface area contributed by atoms with Crippen LogP contribution in [0.5, 0.6) is 0 Å². The Morgan fingerprint density at radius 3 is 2.89 bits per heavy atom. The number of carbonyl (C=O) groups excluding carboxylic acids is 1. The maximum Gasteiger partial charge on any atom is 0.251 e. The van der Waals surface area contributed by atoms with Crippen LogP contribution in [0.3, 0.4) is 0 Å². The first-order chi connectivity index (χ1) is 8.54. The topological polar surface area (TPSA) is 85.8 Å². The monoisotopic (exact) mass is 249 g/mol. The molecule has 2 rings (SSSR count). The largest absolute Gasteiger partial charge is 0.399 e. The van der Waals surface area contributed by atoms with Crippen LogP contribution < -0.4 is 11.1 Å². The molecular weight excluding hydrogens is 237 g/mol. The number of aromatic nitrogens is 3. The maximum absolute atomic E-state index is 13.1. The molecule has 1 heterocycles. The number of hydrogen-bond donors (Lipinski definition) is 2. The van der Waals surface area contributed by atoms with E-state index in [0.29, 0.717) is 5.82 Å². The zero-order valence-electron chi connectivity index (χ0n) is 9.72. The van der Waals surface area contributed by atoms with E-state index in [-0.39, 0.29) is 17.8 Å². The standard InChI is InChI=1S/C11H12FN5O/c1-17-6-15-10(16-17)5-14-11(18)7-2-8(12)4-9(13)3-7/h2-4,6H,5,13H2,1H3,(H,14,18). The van der Waals surface area contributed by atoms with Crippen molar-refractivity contribution in [3.05, 3.63) is 41.7 Å². The van der Waals surface area contributed by atoms with E-state index in [1.165, 1.54) is 17.1 Å². The minimum Gasteiger partial charge on any atom is -0.399 e. The Bertz CT molecular complexity index is 560. The van der Waals surface area contributed by atoms with Gasteiger partial charge in [0.15, 0.2) is 5.82 Å². The van der Waals surface area contributed by atoms with Gasteiger partial charge < -0.3 is 11.1 Å². The van der Waals surface area contributed by atoms with Gasteiger partial charge in [0.1, 0.15) is 12.1 Å². The van der Waals surface area contributed by atoms with Crippen molar-refractivity contribution >= 4 is 11.6 Å². The summed E-state index contributed by atoms with van der Waals surface area (Å²) in [7, 11) is 1.73. The second-order valence-corrected chi connectivity index (χ2v) is 3.79. The molecule has 0 aliphatic carbocycles. The fourth-order valence-electron chi connectivity index (χ4n) is 1.47. The van der Waals surface area contributed by atoms with Gasteiger partial charge in [0, 0.05) is 18.3 Å². The molecule has 0 unspecified atom stereocenters. The maximum atomic E-state index is 13.1. The summed E-state index contributed by atoms with van der Waals surface area (Å²) in [5.74, 6) is -0.486. The van der Waals surface area contributed by atoms with Gasteiger partial charge in [-0.25, -0.2) is 9.37 Å². The number of nitrogens with two attached hydrogens (primary N) is 1. The second-order valence-electron chi connectivity index (χ2n) is 3.79. The van der Waals surface area contributed by atoms with Gasteiger partial charge in [-0.1, -0.05) is 0 Å². The van der Waals surface area contributed by atoms with Crippen LogP contribution in [0.15, 0.2) is 24.5 Å². The zero-order valence-corrected chi connectivity index (χ0v) is 9.72. The van der Waals surface area contributed by atoms with Crippen molar-refractivity contribution in [2.75, 3.05) is 5.73 Å². The molecule has 3 N–H and O–H groups in total. The number of nitrogen functional groups attached to an aromatic ring is 1. The molecule has 0 saturated heterocycles. The molecule has 1 aromatic carbocycles. The number of benzene rings is 1. The number of hydrogen-bond acceptors (Lipinski definition) is 4. The number of anilines is 1. The lowest BCUT2D eigenvalue weighted by atomic mass is 10.2. The molecule has 94 valence electrons. The third-order valence-corrected chi connectivity index (χ3v) is 2.24. The third kappa shape index (κ3) is 2.82. The molecule has 0 atom stereocenters. The lowest BCUT2D eigenvalue weighted by Gasteiger charge is -2.04. The summed E-state index contributed by atoms with van der Waals surface area (Å²) >= 11 is 0. The highest BCUT2D eigenvalue weighted by atomic mass is 19.1. The summed E-state index contributed by atoms with van der Waals surface area (Å²) in [6.07, 6.45) is 1.53. The Balaban J connectivity index is 2.03. The molecule has 1 aromatic heterocycles. The van der Waals surface area contributed by atoms with Gasteiger partial charge in [-0.05, 0) is 18.2 Å². The first-order valence-electron chi connectivity index (χ1n) is 5.23. The summed E-state index contributed by atoms with van der Waals surface area (Å²) in [5, 5.41) is 6.59. The number of nitrogens with zero attached hydrogens (tertiary/aromatic N) is 3. The smallest absolute Gasteiger partial charge is 0.251 e. The van der Waals surface area contributed by atoms with Crippen LogP contribution >= 0.6 is 0 Å². The molecular formula is C11H12FN5O. The van der Waals surface area contributed by atoms with E-state index < -0.39 is 11.7 Å². The highest BCUT2D eigenvalue weighted by Gasteiger charge is 2.09. The molecule has 0 fully saturated rings. The van der Waals surface area contributed by atoms with Gasteiger partial charge in [-0.3, -0.25) is 9.48 Å². The second kappa shape index (κ2) is 4.82. The number of rotatable bonds is 3. The first-order valence-corrected chi connectivity index (χ1v) is 5.23. The summed E-state index contributed by atoms with van der Waals surface area (Å²) in [4.78, 5) is 15.7. The first kappa shape index (κ1) is 12.0. The van der Waals surface area contributed by atoms with Gasteiger partial charge in [-0.2, -0.15) is 5.10 Å². The number of nitrogens with one attached hydrogen (secondary N) is 1. The lowest BCUT2D eigenvalue weighted by molar-refractivity contribution is 0.0949. The van der Waals surface area contributed by atoms with Crippen molar-refractivity contribution in [1.82, 2.24) is 20.1 Å². The van der Waals surface area contributed by atoms with Gasteiger partial charge in [0.25, 0.3) is 5.91 Å². The Labute approximate surface area is 103 Å². The van der Waals surface area contributed by atoms with Crippen LogP contribution in [0.1, 0.15) is 16.2 Å². The number of amides is 1. The molecule has 0 aliphatic heterocycles. The molecule has 7 heteroatoms. The van der Waals surface area contributed by atoms with Crippen LogP contribution in [-0.4, -0.2) is 20.7 Å². The summed E-state index contributed by atoms with van der Waals surface area (Å²) in [6, 6.07) is 3.68.